The second-order valence-corrected chi connectivity index (χ2v) is 6.54. The van der Waals surface area contributed by atoms with E-state index in [2.05, 4.69) is 15.0 Å². The molecule has 0 aliphatic rings. The van der Waals surface area contributed by atoms with E-state index in [1.165, 1.54) is 18.5 Å². The number of fused-ring (bicyclic) bond motifs is 1. The summed E-state index contributed by atoms with van der Waals surface area (Å²) in [5.74, 6) is -0.411. The lowest BCUT2D eigenvalue weighted by atomic mass is 10.1. The number of rotatable bonds is 4. The first kappa shape index (κ1) is 17.8. The first-order valence-electron chi connectivity index (χ1n) is 8.80. The van der Waals surface area contributed by atoms with E-state index in [0.29, 0.717) is 16.9 Å². The van der Waals surface area contributed by atoms with Crippen molar-refractivity contribution in [3.8, 4) is 11.3 Å². The molecule has 1 atom stereocenters. The van der Waals surface area contributed by atoms with Crippen LogP contribution in [0.1, 0.15) is 29.0 Å². The van der Waals surface area contributed by atoms with Gasteiger partial charge in [-0.1, -0.05) is 0 Å². The van der Waals surface area contributed by atoms with Crippen LogP contribution in [0.4, 0.5) is 4.39 Å². The molecule has 1 amide bonds. The summed E-state index contributed by atoms with van der Waals surface area (Å²) in [6.07, 6.45) is 6.71. The number of aromatic nitrogens is 4. The highest BCUT2D eigenvalue weighted by molar-refractivity contribution is 5.94. The van der Waals surface area contributed by atoms with Gasteiger partial charge in [0.2, 0.25) is 0 Å². The number of benzene rings is 1. The zero-order valence-electron chi connectivity index (χ0n) is 15.5. The van der Waals surface area contributed by atoms with Gasteiger partial charge >= 0.3 is 0 Å². The van der Waals surface area contributed by atoms with Crippen molar-refractivity contribution in [1.82, 2.24) is 24.3 Å². The quantitative estimate of drug-likeness (QED) is 0.545. The lowest BCUT2D eigenvalue weighted by Crippen LogP contribution is -2.30. The van der Waals surface area contributed by atoms with Crippen LogP contribution in [0.5, 0.6) is 0 Å². The van der Waals surface area contributed by atoms with E-state index >= 15 is 0 Å². The first-order valence-corrected chi connectivity index (χ1v) is 8.80. The molecule has 0 bridgehead atoms. The molecule has 3 heterocycles. The molecular formula is C21H18FN5O. The highest BCUT2D eigenvalue weighted by Gasteiger charge is 2.20. The lowest BCUT2D eigenvalue weighted by Gasteiger charge is -2.24. The zero-order chi connectivity index (χ0) is 19.7. The molecule has 0 radical (unpaired) electrons. The van der Waals surface area contributed by atoms with Gasteiger partial charge in [-0.15, -0.1) is 0 Å². The average molecular weight is 375 g/mol. The normalized spacial score (nSPS) is 12.1. The van der Waals surface area contributed by atoms with Crippen LogP contribution < -0.4 is 0 Å². The van der Waals surface area contributed by atoms with Gasteiger partial charge in [0.15, 0.2) is 0 Å². The van der Waals surface area contributed by atoms with Crippen LogP contribution in [0.15, 0.2) is 67.4 Å². The Balaban J connectivity index is 1.62. The van der Waals surface area contributed by atoms with Crippen LogP contribution in [0.2, 0.25) is 0 Å². The van der Waals surface area contributed by atoms with Gasteiger partial charge in [-0.25, -0.2) is 19.3 Å². The minimum absolute atomic E-state index is 0.120. The fourth-order valence-corrected chi connectivity index (χ4v) is 3.00. The predicted molar refractivity (Wildman–Crippen MR) is 103 cm³/mol. The number of pyridine rings is 1. The van der Waals surface area contributed by atoms with Crippen molar-refractivity contribution in [2.45, 2.75) is 13.0 Å². The maximum absolute atomic E-state index is 13.1. The van der Waals surface area contributed by atoms with E-state index in [-0.39, 0.29) is 17.8 Å². The molecule has 3 aromatic heterocycles. The van der Waals surface area contributed by atoms with Crippen molar-refractivity contribution in [1.29, 1.82) is 0 Å². The Hall–Kier alpha value is -3.61. The number of hydrogen-bond donors (Lipinski definition) is 0. The Kier molecular flexibility index (Phi) is 4.57. The molecule has 1 unspecified atom stereocenters. The molecule has 28 heavy (non-hydrogen) atoms. The van der Waals surface area contributed by atoms with E-state index in [9.17, 15) is 9.18 Å². The third kappa shape index (κ3) is 3.34. The highest BCUT2D eigenvalue weighted by atomic mass is 19.1. The van der Waals surface area contributed by atoms with Gasteiger partial charge in [0, 0.05) is 31.2 Å². The molecule has 6 nitrogen and oxygen atoms in total. The number of carbonyl (C=O) groups excluding carboxylic acids is 1. The molecule has 0 N–H and O–H groups in total. The number of nitrogens with zero attached hydrogens (tertiary/aromatic N) is 5. The summed E-state index contributed by atoms with van der Waals surface area (Å²) in [5, 5.41) is 0. The molecule has 0 spiro atoms. The third-order valence-electron chi connectivity index (χ3n) is 4.77. The number of halogens is 1. The molecule has 4 aromatic rings. The summed E-state index contributed by atoms with van der Waals surface area (Å²) in [6.45, 7) is 1.92. The van der Waals surface area contributed by atoms with E-state index in [0.717, 1.165) is 11.3 Å². The Morgan fingerprint density at radius 2 is 1.89 bits per heavy atom. The van der Waals surface area contributed by atoms with Gasteiger partial charge in [-0.3, -0.25) is 4.79 Å². The maximum atomic E-state index is 13.1. The fourth-order valence-electron chi connectivity index (χ4n) is 3.00. The molecule has 0 fully saturated rings. The van der Waals surface area contributed by atoms with Gasteiger partial charge in [-0.2, -0.15) is 0 Å². The molecule has 4 rings (SSSR count). The number of imidazole rings is 1. The second kappa shape index (κ2) is 7.19. The van der Waals surface area contributed by atoms with Gasteiger partial charge < -0.3 is 9.30 Å². The van der Waals surface area contributed by atoms with Crippen LogP contribution in [-0.4, -0.2) is 37.2 Å². The van der Waals surface area contributed by atoms with Crippen LogP contribution in [0, 0.1) is 5.82 Å². The van der Waals surface area contributed by atoms with Crippen molar-refractivity contribution >= 4 is 11.6 Å². The summed E-state index contributed by atoms with van der Waals surface area (Å²) in [5.41, 5.74) is 3.55. The Bertz CT molecular complexity index is 1120. The van der Waals surface area contributed by atoms with Crippen molar-refractivity contribution in [3.05, 3.63) is 84.5 Å². The standard InChI is InChI=1S/C21H18FN5O/c1-14(18-9-10-23-13-24-18)26(2)21(28)16-5-8-20-25-19(12-27(20)11-16)15-3-6-17(22)7-4-15/h3-14H,1-2H3. The molecule has 0 saturated carbocycles. The predicted octanol–water partition coefficient (Wildman–Crippen LogP) is 3.76. The molecular weight excluding hydrogens is 357 g/mol. The summed E-state index contributed by atoms with van der Waals surface area (Å²) >= 11 is 0. The molecule has 0 aliphatic carbocycles. The molecule has 0 aliphatic heterocycles. The maximum Gasteiger partial charge on any atom is 0.255 e. The minimum atomic E-state index is -0.291. The van der Waals surface area contributed by atoms with Crippen LogP contribution in [-0.2, 0) is 0 Å². The summed E-state index contributed by atoms with van der Waals surface area (Å²) < 4.78 is 14.9. The summed E-state index contributed by atoms with van der Waals surface area (Å²) in [6, 6.07) is 11.3. The zero-order valence-corrected chi connectivity index (χ0v) is 15.5. The summed E-state index contributed by atoms with van der Waals surface area (Å²) in [7, 11) is 1.75. The Morgan fingerprint density at radius 3 is 2.61 bits per heavy atom. The molecule has 0 saturated heterocycles. The molecule has 1 aromatic carbocycles. The van der Waals surface area contributed by atoms with Gasteiger partial charge in [0.1, 0.15) is 17.8 Å². The van der Waals surface area contributed by atoms with Crippen molar-refractivity contribution < 1.29 is 9.18 Å². The van der Waals surface area contributed by atoms with E-state index in [1.807, 2.05) is 13.1 Å². The smallest absolute Gasteiger partial charge is 0.255 e. The number of hydrogen-bond acceptors (Lipinski definition) is 4. The van der Waals surface area contributed by atoms with Gasteiger partial charge in [0.05, 0.1) is 23.0 Å². The Labute approximate surface area is 161 Å². The third-order valence-corrected chi connectivity index (χ3v) is 4.77. The average Bonchev–Trinajstić information content (AvgIpc) is 3.16. The highest BCUT2D eigenvalue weighted by Crippen LogP contribution is 2.22. The first-order chi connectivity index (χ1) is 13.5. The Morgan fingerprint density at radius 1 is 1.11 bits per heavy atom. The number of amides is 1. The van der Waals surface area contributed by atoms with Crippen LogP contribution in [0.3, 0.4) is 0 Å². The largest absolute Gasteiger partial charge is 0.333 e. The van der Waals surface area contributed by atoms with Gasteiger partial charge in [0.25, 0.3) is 5.91 Å². The van der Waals surface area contributed by atoms with Crippen LogP contribution in [0.25, 0.3) is 16.9 Å². The second-order valence-electron chi connectivity index (χ2n) is 6.54. The van der Waals surface area contributed by atoms with Crippen molar-refractivity contribution in [3.63, 3.8) is 0 Å². The topological polar surface area (TPSA) is 63.4 Å². The van der Waals surface area contributed by atoms with E-state index < -0.39 is 0 Å². The lowest BCUT2D eigenvalue weighted by molar-refractivity contribution is 0.0739. The molecule has 140 valence electrons. The minimum Gasteiger partial charge on any atom is -0.333 e. The van der Waals surface area contributed by atoms with Crippen LogP contribution >= 0.6 is 0 Å². The fraction of sp³-hybridized carbons (Fsp3) is 0.143. The van der Waals surface area contributed by atoms with Crippen molar-refractivity contribution in [2.24, 2.45) is 0 Å². The SMILES string of the molecule is CC(c1ccncn1)N(C)C(=O)c1ccc2nc(-c3ccc(F)cc3)cn2c1. The number of carbonyl (C=O) groups is 1. The monoisotopic (exact) mass is 375 g/mol. The van der Waals surface area contributed by atoms with E-state index in [1.54, 1.807) is 59.1 Å². The summed E-state index contributed by atoms with van der Waals surface area (Å²) in [4.78, 5) is 27.2. The molecule has 7 heteroatoms. The van der Waals surface area contributed by atoms with Gasteiger partial charge in [-0.05, 0) is 49.4 Å². The van der Waals surface area contributed by atoms with Crippen molar-refractivity contribution in [2.75, 3.05) is 7.05 Å². The van der Waals surface area contributed by atoms with E-state index in [4.69, 9.17) is 0 Å².